The Labute approximate surface area is 245 Å². The van der Waals surface area contributed by atoms with Crippen LogP contribution in [0.15, 0.2) is 46.2 Å². The van der Waals surface area contributed by atoms with E-state index in [2.05, 4.69) is 26.0 Å². The molecule has 0 unspecified atom stereocenters. The van der Waals surface area contributed by atoms with Crippen molar-refractivity contribution in [3.63, 3.8) is 0 Å². The molecule has 0 amide bonds. The number of aromatic hydroxyl groups is 2. The smallest absolute Gasteiger partial charge is 0.119 e. The molecule has 0 bridgehead atoms. The van der Waals surface area contributed by atoms with E-state index in [1.54, 1.807) is 11.8 Å². The topological polar surface area (TPSA) is 40.5 Å². The fourth-order valence-corrected chi connectivity index (χ4v) is 6.69. The first kappa shape index (κ1) is 33.6. The van der Waals surface area contributed by atoms with Gasteiger partial charge in [0.2, 0.25) is 0 Å². The molecule has 220 valence electrons. The first-order valence-electron chi connectivity index (χ1n) is 16.5. The van der Waals surface area contributed by atoms with E-state index in [9.17, 15) is 10.2 Å². The lowest BCUT2D eigenvalue weighted by atomic mass is 10.0. The summed E-state index contributed by atoms with van der Waals surface area (Å²) in [6.45, 7) is 4.55. The van der Waals surface area contributed by atoms with Gasteiger partial charge in [-0.05, 0) is 49.9 Å². The number of benzene rings is 2. The number of phenolic OH excluding ortho intramolecular Hbond substituents is 2. The van der Waals surface area contributed by atoms with Crippen LogP contribution in [0.1, 0.15) is 153 Å². The summed E-state index contributed by atoms with van der Waals surface area (Å²) in [7, 11) is 0. The molecule has 39 heavy (non-hydrogen) atoms. The normalized spacial score (nSPS) is 11.3. The van der Waals surface area contributed by atoms with Gasteiger partial charge in [-0.1, -0.05) is 153 Å². The largest absolute Gasteiger partial charge is 0.508 e. The van der Waals surface area contributed by atoms with Gasteiger partial charge in [-0.15, -0.1) is 0 Å². The molecule has 0 aliphatic rings. The van der Waals surface area contributed by atoms with Gasteiger partial charge in [0.1, 0.15) is 11.5 Å². The minimum atomic E-state index is 0.410. The van der Waals surface area contributed by atoms with Crippen molar-refractivity contribution in [1.29, 1.82) is 0 Å². The summed E-state index contributed by atoms with van der Waals surface area (Å²) in [5, 5.41) is 21.4. The molecule has 0 fully saturated rings. The van der Waals surface area contributed by atoms with E-state index >= 15 is 0 Å². The van der Waals surface area contributed by atoms with E-state index in [-0.39, 0.29) is 0 Å². The van der Waals surface area contributed by atoms with Crippen LogP contribution in [0.2, 0.25) is 0 Å². The lowest BCUT2D eigenvalue weighted by Gasteiger charge is -2.15. The molecule has 0 aliphatic carbocycles. The first-order chi connectivity index (χ1) is 19.2. The van der Waals surface area contributed by atoms with Gasteiger partial charge in [-0.3, -0.25) is 0 Å². The molecule has 0 heterocycles. The van der Waals surface area contributed by atoms with Gasteiger partial charge < -0.3 is 10.2 Å². The summed E-state index contributed by atoms with van der Waals surface area (Å²) in [6.07, 6.45) is 28.2. The molecular formula is C36H58O2S. The Morgan fingerprint density at radius 3 is 1.08 bits per heavy atom. The SMILES string of the molecule is CCCCCCCCCCCCc1c(O)cccc1Sc1cccc(O)c1CCCCCCCCCCCC. The average Bonchev–Trinajstić information content (AvgIpc) is 2.93. The van der Waals surface area contributed by atoms with Crippen LogP contribution in [0.4, 0.5) is 0 Å². The molecule has 2 aromatic rings. The van der Waals surface area contributed by atoms with Crippen LogP contribution in [-0.4, -0.2) is 10.2 Å². The van der Waals surface area contributed by atoms with E-state index in [0.717, 1.165) is 46.6 Å². The minimum absolute atomic E-state index is 0.410. The van der Waals surface area contributed by atoms with Crippen LogP contribution in [0.25, 0.3) is 0 Å². The highest BCUT2D eigenvalue weighted by Crippen LogP contribution is 2.39. The summed E-state index contributed by atoms with van der Waals surface area (Å²) in [5.74, 6) is 0.819. The fraction of sp³-hybridized carbons (Fsp3) is 0.667. The zero-order valence-corrected chi connectivity index (χ0v) is 26.1. The number of hydrogen-bond donors (Lipinski definition) is 2. The molecule has 2 N–H and O–H groups in total. The zero-order chi connectivity index (χ0) is 28.0. The van der Waals surface area contributed by atoms with E-state index in [1.165, 1.54) is 116 Å². The molecule has 0 saturated heterocycles. The van der Waals surface area contributed by atoms with Crippen molar-refractivity contribution >= 4 is 11.8 Å². The van der Waals surface area contributed by atoms with Gasteiger partial charge in [0.15, 0.2) is 0 Å². The Hall–Kier alpha value is -1.61. The maximum Gasteiger partial charge on any atom is 0.119 e. The maximum absolute atomic E-state index is 10.7. The van der Waals surface area contributed by atoms with E-state index < -0.39 is 0 Å². The van der Waals surface area contributed by atoms with E-state index in [4.69, 9.17) is 0 Å². The van der Waals surface area contributed by atoms with Crippen LogP contribution in [0.5, 0.6) is 11.5 Å². The fourth-order valence-electron chi connectivity index (χ4n) is 5.50. The Bertz CT molecular complexity index is 807. The summed E-state index contributed by atoms with van der Waals surface area (Å²) in [4.78, 5) is 2.25. The van der Waals surface area contributed by atoms with Crippen molar-refractivity contribution in [3.8, 4) is 11.5 Å². The van der Waals surface area contributed by atoms with Gasteiger partial charge in [0.05, 0.1) is 0 Å². The van der Waals surface area contributed by atoms with Crippen LogP contribution >= 0.6 is 11.8 Å². The summed E-state index contributed by atoms with van der Waals surface area (Å²) < 4.78 is 0. The summed E-state index contributed by atoms with van der Waals surface area (Å²) in [5.41, 5.74) is 2.13. The molecule has 2 aromatic carbocycles. The number of hydrogen-bond acceptors (Lipinski definition) is 3. The third-order valence-corrected chi connectivity index (χ3v) is 9.20. The minimum Gasteiger partial charge on any atom is -0.508 e. The Kier molecular flexibility index (Phi) is 19.1. The van der Waals surface area contributed by atoms with Crippen LogP contribution in [-0.2, 0) is 12.8 Å². The molecule has 0 aliphatic heterocycles. The van der Waals surface area contributed by atoms with Crippen molar-refractivity contribution in [2.45, 2.75) is 165 Å². The molecule has 0 radical (unpaired) electrons. The second-order valence-electron chi connectivity index (χ2n) is 11.5. The van der Waals surface area contributed by atoms with Crippen LogP contribution < -0.4 is 0 Å². The standard InChI is InChI=1S/C36H58O2S/c1-3-5-7-9-11-13-15-17-19-21-25-31-33(37)27-23-29-35(31)39-36-30-24-28-34(38)32(36)26-22-20-18-16-14-12-10-8-6-4-2/h23-24,27-30,37-38H,3-22,25-26H2,1-2H3. The number of phenols is 2. The maximum atomic E-state index is 10.7. The van der Waals surface area contributed by atoms with Crippen molar-refractivity contribution in [3.05, 3.63) is 47.5 Å². The van der Waals surface area contributed by atoms with Crippen molar-refractivity contribution in [2.24, 2.45) is 0 Å². The lowest BCUT2D eigenvalue weighted by molar-refractivity contribution is 0.463. The zero-order valence-electron chi connectivity index (χ0n) is 25.3. The summed E-state index contributed by atoms with van der Waals surface area (Å²) >= 11 is 1.71. The molecule has 3 heteroatoms. The molecule has 2 rings (SSSR count). The lowest BCUT2D eigenvalue weighted by Crippen LogP contribution is -1.94. The van der Waals surface area contributed by atoms with Gasteiger partial charge >= 0.3 is 0 Å². The van der Waals surface area contributed by atoms with Crippen molar-refractivity contribution in [2.75, 3.05) is 0 Å². The van der Waals surface area contributed by atoms with Crippen LogP contribution in [0.3, 0.4) is 0 Å². The van der Waals surface area contributed by atoms with Crippen LogP contribution in [0, 0.1) is 0 Å². The molecular weight excluding hydrogens is 496 g/mol. The predicted molar refractivity (Wildman–Crippen MR) is 171 cm³/mol. The quantitative estimate of drug-likeness (QED) is 0.127. The monoisotopic (exact) mass is 554 g/mol. The second-order valence-corrected chi connectivity index (χ2v) is 12.6. The molecule has 0 aromatic heterocycles. The third-order valence-electron chi connectivity index (χ3n) is 8.00. The third kappa shape index (κ3) is 14.5. The first-order valence-corrected chi connectivity index (χ1v) is 17.3. The number of rotatable bonds is 24. The van der Waals surface area contributed by atoms with Gasteiger partial charge in [0, 0.05) is 20.9 Å². The van der Waals surface area contributed by atoms with Gasteiger partial charge in [-0.2, -0.15) is 0 Å². The van der Waals surface area contributed by atoms with Crippen molar-refractivity contribution in [1.82, 2.24) is 0 Å². The number of unbranched alkanes of at least 4 members (excludes halogenated alkanes) is 18. The summed E-state index contributed by atoms with van der Waals surface area (Å²) in [6, 6.07) is 11.8. The van der Waals surface area contributed by atoms with E-state index in [0.29, 0.717) is 11.5 Å². The highest BCUT2D eigenvalue weighted by Gasteiger charge is 2.14. The Morgan fingerprint density at radius 1 is 0.436 bits per heavy atom. The highest BCUT2D eigenvalue weighted by molar-refractivity contribution is 7.99. The Morgan fingerprint density at radius 2 is 0.744 bits per heavy atom. The Balaban J connectivity index is 1.79. The molecule has 0 saturated carbocycles. The molecule has 0 spiro atoms. The van der Waals surface area contributed by atoms with Gasteiger partial charge in [0.25, 0.3) is 0 Å². The molecule has 2 nitrogen and oxygen atoms in total. The van der Waals surface area contributed by atoms with E-state index in [1.807, 2.05) is 24.3 Å². The highest BCUT2D eigenvalue weighted by atomic mass is 32.2. The van der Waals surface area contributed by atoms with Crippen molar-refractivity contribution < 1.29 is 10.2 Å². The second kappa shape index (κ2) is 22.1. The average molecular weight is 555 g/mol. The van der Waals surface area contributed by atoms with Gasteiger partial charge in [-0.25, -0.2) is 0 Å². The molecule has 0 atom stereocenters. The predicted octanol–water partition coefficient (Wildman–Crippen LogP) is 12.2.